The van der Waals surface area contributed by atoms with E-state index in [4.69, 9.17) is 11.6 Å². The van der Waals surface area contributed by atoms with E-state index in [1.807, 2.05) is 23.1 Å². The first-order chi connectivity index (χ1) is 9.25. The van der Waals surface area contributed by atoms with Gasteiger partial charge >= 0.3 is 0 Å². The monoisotopic (exact) mass is 280 g/mol. The topological polar surface area (TPSA) is 32.3 Å². The molecule has 19 heavy (non-hydrogen) atoms. The van der Waals surface area contributed by atoms with Crippen molar-refractivity contribution in [1.82, 2.24) is 10.2 Å². The van der Waals surface area contributed by atoms with E-state index in [1.54, 1.807) is 0 Å². The lowest BCUT2D eigenvalue weighted by Gasteiger charge is -2.20. The number of carbonyl (C=O) groups excluding carboxylic acids is 1. The molecule has 0 atom stereocenters. The van der Waals surface area contributed by atoms with Gasteiger partial charge in [-0.15, -0.1) is 0 Å². The molecule has 104 valence electrons. The van der Waals surface area contributed by atoms with Gasteiger partial charge in [0.05, 0.1) is 0 Å². The summed E-state index contributed by atoms with van der Waals surface area (Å²) in [6, 6.07) is 7.85. The van der Waals surface area contributed by atoms with Crippen LogP contribution in [-0.2, 0) is 11.3 Å². The number of benzene rings is 1. The van der Waals surface area contributed by atoms with E-state index < -0.39 is 0 Å². The molecule has 0 radical (unpaired) electrons. The lowest BCUT2D eigenvalue weighted by atomic mass is 10.2. The van der Waals surface area contributed by atoms with Crippen LogP contribution < -0.4 is 5.32 Å². The molecule has 3 nitrogen and oxygen atoms in total. The second-order valence-electron chi connectivity index (χ2n) is 5.00. The van der Waals surface area contributed by atoms with Crippen molar-refractivity contribution in [3.8, 4) is 0 Å². The van der Waals surface area contributed by atoms with Crippen molar-refractivity contribution in [1.29, 1.82) is 0 Å². The minimum absolute atomic E-state index is 0.307. The summed E-state index contributed by atoms with van der Waals surface area (Å²) in [6.07, 6.45) is 4.08. The number of rotatable bonds is 5. The van der Waals surface area contributed by atoms with E-state index >= 15 is 0 Å². The van der Waals surface area contributed by atoms with Crippen LogP contribution in [0.3, 0.4) is 0 Å². The van der Waals surface area contributed by atoms with E-state index in [0.717, 1.165) is 44.0 Å². The Morgan fingerprint density at radius 1 is 1.26 bits per heavy atom. The Labute approximate surface area is 119 Å². The predicted molar refractivity (Wildman–Crippen MR) is 78.2 cm³/mol. The molecule has 1 aliphatic heterocycles. The van der Waals surface area contributed by atoms with E-state index in [9.17, 15) is 4.79 Å². The number of carbonyl (C=O) groups is 1. The van der Waals surface area contributed by atoms with Crippen LogP contribution >= 0.6 is 11.6 Å². The summed E-state index contributed by atoms with van der Waals surface area (Å²) in [5.74, 6) is 0.307. The van der Waals surface area contributed by atoms with Gasteiger partial charge in [0.15, 0.2) is 0 Å². The molecule has 1 saturated heterocycles. The van der Waals surface area contributed by atoms with Crippen LogP contribution in [0, 0.1) is 0 Å². The predicted octanol–water partition coefficient (Wildman–Crippen LogP) is 2.83. The van der Waals surface area contributed by atoms with Gasteiger partial charge in [0.25, 0.3) is 0 Å². The maximum absolute atomic E-state index is 11.8. The molecule has 0 aromatic heterocycles. The maximum atomic E-state index is 11.8. The fourth-order valence-electron chi connectivity index (χ4n) is 2.37. The molecule has 1 aromatic rings. The molecule has 1 aromatic carbocycles. The van der Waals surface area contributed by atoms with Gasteiger partial charge in [-0.25, -0.2) is 0 Å². The summed E-state index contributed by atoms with van der Waals surface area (Å²) in [6.45, 7) is 3.35. The highest BCUT2D eigenvalue weighted by molar-refractivity contribution is 6.30. The first-order valence-corrected chi connectivity index (χ1v) is 7.36. The summed E-state index contributed by atoms with van der Waals surface area (Å²) in [7, 11) is 0. The molecule has 0 spiro atoms. The fourth-order valence-corrected chi connectivity index (χ4v) is 2.58. The minimum atomic E-state index is 0.307. The number of likely N-dealkylation sites (tertiary alicyclic amines) is 1. The number of halogens is 1. The lowest BCUT2D eigenvalue weighted by Crippen LogP contribution is -2.36. The molecule has 0 aliphatic carbocycles. The SMILES string of the molecule is O=C1CCCCCN1CCNCc1cccc(Cl)c1. The molecule has 1 heterocycles. The van der Waals surface area contributed by atoms with Crippen LogP contribution in [0.1, 0.15) is 31.2 Å². The van der Waals surface area contributed by atoms with Crippen LogP contribution in [-0.4, -0.2) is 30.4 Å². The Balaban J connectivity index is 1.70. The molecule has 0 unspecified atom stereocenters. The van der Waals surface area contributed by atoms with Crippen LogP contribution in [0.4, 0.5) is 0 Å². The van der Waals surface area contributed by atoms with E-state index in [0.29, 0.717) is 12.3 Å². The third-order valence-corrected chi connectivity index (χ3v) is 3.68. The summed E-state index contributed by atoms with van der Waals surface area (Å²) in [5, 5.41) is 4.13. The first kappa shape index (κ1) is 14.4. The van der Waals surface area contributed by atoms with Crippen molar-refractivity contribution in [2.24, 2.45) is 0 Å². The van der Waals surface area contributed by atoms with Gasteiger partial charge in [0.2, 0.25) is 5.91 Å². The molecule has 1 fully saturated rings. The standard InChI is InChI=1S/C15H21ClN2O/c16-14-6-4-5-13(11-14)12-17-8-10-18-9-3-1-2-7-15(18)19/h4-6,11,17H,1-3,7-10,12H2. The second kappa shape index (κ2) is 7.51. The number of nitrogens with zero attached hydrogens (tertiary/aromatic N) is 1. The highest BCUT2D eigenvalue weighted by Crippen LogP contribution is 2.11. The van der Waals surface area contributed by atoms with Gasteiger partial charge in [-0.2, -0.15) is 0 Å². The molecule has 0 bridgehead atoms. The van der Waals surface area contributed by atoms with Gasteiger partial charge in [-0.1, -0.05) is 30.2 Å². The highest BCUT2D eigenvalue weighted by atomic mass is 35.5. The van der Waals surface area contributed by atoms with Crippen molar-refractivity contribution in [2.75, 3.05) is 19.6 Å². The Morgan fingerprint density at radius 3 is 3.00 bits per heavy atom. The largest absolute Gasteiger partial charge is 0.341 e. The van der Waals surface area contributed by atoms with Gasteiger partial charge in [0, 0.05) is 37.6 Å². The highest BCUT2D eigenvalue weighted by Gasteiger charge is 2.15. The molecule has 1 amide bonds. The third-order valence-electron chi connectivity index (χ3n) is 3.45. The number of hydrogen-bond donors (Lipinski definition) is 1. The second-order valence-corrected chi connectivity index (χ2v) is 5.43. The number of hydrogen-bond acceptors (Lipinski definition) is 2. The molecule has 4 heteroatoms. The smallest absolute Gasteiger partial charge is 0.222 e. The Morgan fingerprint density at radius 2 is 2.16 bits per heavy atom. The van der Waals surface area contributed by atoms with Gasteiger partial charge in [-0.05, 0) is 30.5 Å². The summed E-state index contributed by atoms with van der Waals surface area (Å²) in [4.78, 5) is 13.8. The zero-order valence-electron chi connectivity index (χ0n) is 11.2. The molecular weight excluding hydrogens is 260 g/mol. The molecule has 0 saturated carbocycles. The van der Waals surface area contributed by atoms with Gasteiger partial charge < -0.3 is 10.2 Å². The van der Waals surface area contributed by atoms with E-state index in [2.05, 4.69) is 11.4 Å². The number of amides is 1. The Kier molecular flexibility index (Phi) is 5.67. The van der Waals surface area contributed by atoms with Crippen LogP contribution in [0.15, 0.2) is 24.3 Å². The maximum Gasteiger partial charge on any atom is 0.222 e. The first-order valence-electron chi connectivity index (χ1n) is 6.98. The average Bonchev–Trinajstić information content (AvgIpc) is 2.60. The van der Waals surface area contributed by atoms with Crippen molar-refractivity contribution in [3.63, 3.8) is 0 Å². The van der Waals surface area contributed by atoms with Crippen molar-refractivity contribution < 1.29 is 4.79 Å². The Bertz CT molecular complexity index is 422. The van der Waals surface area contributed by atoms with E-state index in [1.165, 1.54) is 12.0 Å². The average molecular weight is 281 g/mol. The van der Waals surface area contributed by atoms with Crippen molar-refractivity contribution in [3.05, 3.63) is 34.9 Å². The van der Waals surface area contributed by atoms with Gasteiger partial charge in [-0.3, -0.25) is 4.79 Å². The zero-order valence-corrected chi connectivity index (χ0v) is 12.0. The number of nitrogens with one attached hydrogen (secondary N) is 1. The summed E-state index contributed by atoms with van der Waals surface area (Å²) < 4.78 is 0. The van der Waals surface area contributed by atoms with Crippen LogP contribution in [0.25, 0.3) is 0 Å². The Hall–Kier alpha value is -1.06. The van der Waals surface area contributed by atoms with Crippen molar-refractivity contribution in [2.45, 2.75) is 32.2 Å². The van der Waals surface area contributed by atoms with Gasteiger partial charge in [0.1, 0.15) is 0 Å². The molecular formula is C15H21ClN2O. The molecule has 1 aliphatic rings. The quantitative estimate of drug-likeness (QED) is 0.841. The summed E-state index contributed by atoms with van der Waals surface area (Å²) in [5.41, 5.74) is 1.18. The minimum Gasteiger partial charge on any atom is -0.341 e. The van der Waals surface area contributed by atoms with E-state index in [-0.39, 0.29) is 0 Å². The van der Waals surface area contributed by atoms with Crippen LogP contribution in [0.5, 0.6) is 0 Å². The fraction of sp³-hybridized carbons (Fsp3) is 0.533. The molecule has 2 rings (SSSR count). The summed E-state index contributed by atoms with van der Waals surface area (Å²) >= 11 is 5.94. The normalized spacial score (nSPS) is 16.5. The zero-order chi connectivity index (χ0) is 13.5. The van der Waals surface area contributed by atoms with Crippen molar-refractivity contribution >= 4 is 17.5 Å². The lowest BCUT2D eigenvalue weighted by molar-refractivity contribution is -0.130. The third kappa shape index (κ3) is 4.84. The molecule has 1 N–H and O–H groups in total. The van der Waals surface area contributed by atoms with Crippen LogP contribution in [0.2, 0.25) is 5.02 Å².